The molecule has 0 atom stereocenters. The van der Waals surface area contributed by atoms with Crippen LogP contribution in [0.4, 0.5) is 17.1 Å². The van der Waals surface area contributed by atoms with E-state index in [2.05, 4.69) is 289 Å². The molecule has 0 aliphatic carbocycles. The summed E-state index contributed by atoms with van der Waals surface area (Å²) in [6, 6.07) is 102. The van der Waals surface area contributed by atoms with Crippen molar-refractivity contribution in [1.82, 2.24) is 4.57 Å². The first-order valence-corrected chi connectivity index (χ1v) is 24.8. The lowest BCUT2D eigenvalue weighted by atomic mass is 9.92. The monoisotopic (exact) mass is 914 g/mol. The predicted molar refractivity (Wildman–Crippen MR) is 307 cm³/mol. The van der Waals surface area contributed by atoms with Crippen LogP contribution in [0.5, 0.6) is 0 Å². The van der Waals surface area contributed by atoms with Gasteiger partial charge in [-0.2, -0.15) is 0 Å². The molecule has 0 fully saturated rings. The van der Waals surface area contributed by atoms with Gasteiger partial charge in [0, 0.05) is 33.3 Å². The van der Waals surface area contributed by atoms with Crippen molar-refractivity contribution in [3.63, 3.8) is 0 Å². The van der Waals surface area contributed by atoms with Gasteiger partial charge in [-0.3, -0.25) is 0 Å². The van der Waals surface area contributed by atoms with E-state index in [1.807, 2.05) is 0 Å². The first kappa shape index (κ1) is 41.5. The molecule has 0 aliphatic heterocycles. The quantitative estimate of drug-likeness (QED) is 0.138. The number of rotatable bonds is 8. The van der Waals surface area contributed by atoms with E-state index in [0.29, 0.717) is 0 Å². The molecular formula is C70H46N2. The molecule has 1 aromatic heterocycles. The number of benzene rings is 13. The standard InChI is InChI=1S/C70H46N2/c1-3-17-47(18-4-1)53-37-43-68(64(45-53)51-33-40-55(41-34-51)72-67-30-16-14-28-63(67)70-57-23-8-7-21-50(57)36-44-69(70)72)71(66-29-15-13-22-56(66)49-19-5-2-6-20-49)54-38-31-48(32-39-54)52-35-42-62-60-26-10-9-24-58(60)59-25-11-12-27-61(59)65(62)46-52/h1-46H. The SMILES string of the molecule is c1ccc(-c2ccc(N(c3ccc(-c4ccc5c6ccccc6c6ccccc6c5c4)cc3)c3ccccc3-c3ccccc3)c(-c3ccc(-n4c5ccccc5c5c6ccccc6ccc54)cc3)c2)cc1. The van der Waals surface area contributed by atoms with E-state index >= 15 is 0 Å². The smallest absolute Gasteiger partial charge is 0.0547 e. The van der Waals surface area contributed by atoms with Crippen LogP contribution in [0, 0.1) is 0 Å². The lowest BCUT2D eigenvalue weighted by Crippen LogP contribution is -2.12. The van der Waals surface area contributed by atoms with E-state index in [-0.39, 0.29) is 0 Å². The average molecular weight is 915 g/mol. The zero-order chi connectivity index (χ0) is 47.5. The Morgan fingerprint density at radius 3 is 1.46 bits per heavy atom. The highest BCUT2D eigenvalue weighted by Crippen LogP contribution is 2.47. The Morgan fingerprint density at radius 2 is 0.736 bits per heavy atom. The van der Waals surface area contributed by atoms with Crippen LogP contribution >= 0.6 is 0 Å². The summed E-state index contributed by atoms with van der Waals surface area (Å²) >= 11 is 0. The zero-order valence-corrected chi connectivity index (χ0v) is 39.5. The van der Waals surface area contributed by atoms with Crippen molar-refractivity contribution in [3.05, 3.63) is 279 Å². The van der Waals surface area contributed by atoms with Crippen molar-refractivity contribution >= 4 is 82.0 Å². The van der Waals surface area contributed by atoms with Crippen molar-refractivity contribution in [2.24, 2.45) is 0 Å². The fraction of sp³-hybridized carbons (Fsp3) is 0. The van der Waals surface area contributed by atoms with Crippen LogP contribution in [0.2, 0.25) is 0 Å². The van der Waals surface area contributed by atoms with E-state index in [4.69, 9.17) is 0 Å². The second-order valence-electron chi connectivity index (χ2n) is 18.8. The number of hydrogen-bond acceptors (Lipinski definition) is 1. The summed E-state index contributed by atoms with van der Waals surface area (Å²) in [5, 5.41) is 12.7. The minimum absolute atomic E-state index is 1.07. The molecule has 0 amide bonds. The first-order chi connectivity index (χ1) is 35.7. The second-order valence-corrected chi connectivity index (χ2v) is 18.8. The van der Waals surface area contributed by atoms with Crippen molar-refractivity contribution in [2.75, 3.05) is 4.90 Å². The summed E-state index contributed by atoms with van der Waals surface area (Å²) in [5.41, 5.74) is 16.1. The summed E-state index contributed by atoms with van der Waals surface area (Å²) < 4.78 is 2.42. The fourth-order valence-corrected chi connectivity index (χ4v) is 11.4. The van der Waals surface area contributed by atoms with Gasteiger partial charge in [-0.25, -0.2) is 0 Å². The molecule has 0 spiro atoms. The van der Waals surface area contributed by atoms with Gasteiger partial charge in [0.25, 0.3) is 0 Å². The molecule has 2 heteroatoms. The van der Waals surface area contributed by atoms with E-state index in [0.717, 1.165) is 50.6 Å². The van der Waals surface area contributed by atoms with Crippen LogP contribution in [-0.2, 0) is 0 Å². The Balaban J connectivity index is 0.943. The van der Waals surface area contributed by atoms with Crippen molar-refractivity contribution in [2.45, 2.75) is 0 Å². The lowest BCUT2D eigenvalue weighted by molar-refractivity contribution is 1.18. The predicted octanol–water partition coefficient (Wildman–Crippen LogP) is 19.5. The largest absolute Gasteiger partial charge is 0.309 e. The molecular weight excluding hydrogens is 869 g/mol. The van der Waals surface area contributed by atoms with E-state index < -0.39 is 0 Å². The molecule has 72 heavy (non-hydrogen) atoms. The Kier molecular flexibility index (Phi) is 9.89. The molecule has 0 aliphatic rings. The van der Waals surface area contributed by atoms with Gasteiger partial charge in [-0.05, 0) is 137 Å². The molecule has 336 valence electrons. The molecule has 14 rings (SSSR count). The normalized spacial score (nSPS) is 11.6. The van der Waals surface area contributed by atoms with E-state index in [1.54, 1.807) is 0 Å². The van der Waals surface area contributed by atoms with Gasteiger partial charge in [-0.15, -0.1) is 0 Å². The van der Waals surface area contributed by atoms with Crippen LogP contribution in [0.3, 0.4) is 0 Å². The summed E-state index contributed by atoms with van der Waals surface area (Å²) in [6.45, 7) is 0. The Hall–Kier alpha value is -9.50. The highest BCUT2D eigenvalue weighted by molar-refractivity contribution is 6.26. The van der Waals surface area contributed by atoms with E-state index in [9.17, 15) is 0 Å². The third-order valence-electron chi connectivity index (χ3n) is 14.8. The topological polar surface area (TPSA) is 8.17 Å². The van der Waals surface area contributed by atoms with Gasteiger partial charge in [-0.1, -0.05) is 218 Å². The van der Waals surface area contributed by atoms with E-state index in [1.165, 1.54) is 81.6 Å². The molecule has 0 saturated heterocycles. The molecule has 0 unspecified atom stereocenters. The number of aromatic nitrogens is 1. The minimum Gasteiger partial charge on any atom is -0.309 e. The van der Waals surface area contributed by atoms with Crippen molar-refractivity contribution in [1.29, 1.82) is 0 Å². The van der Waals surface area contributed by atoms with Crippen molar-refractivity contribution < 1.29 is 0 Å². The molecule has 0 bridgehead atoms. The lowest BCUT2D eigenvalue weighted by Gasteiger charge is -2.30. The van der Waals surface area contributed by atoms with Crippen LogP contribution in [0.25, 0.3) is 115 Å². The maximum atomic E-state index is 2.46. The summed E-state index contributed by atoms with van der Waals surface area (Å²) in [4.78, 5) is 2.46. The summed E-state index contributed by atoms with van der Waals surface area (Å²) in [5.74, 6) is 0. The molecule has 0 saturated carbocycles. The molecule has 2 nitrogen and oxygen atoms in total. The zero-order valence-electron chi connectivity index (χ0n) is 39.5. The third kappa shape index (κ3) is 6.88. The average Bonchev–Trinajstić information content (AvgIpc) is 3.81. The van der Waals surface area contributed by atoms with Crippen molar-refractivity contribution in [3.8, 4) is 50.2 Å². The van der Waals surface area contributed by atoms with Crippen LogP contribution < -0.4 is 4.90 Å². The third-order valence-corrected chi connectivity index (χ3v) is 14.8. The van der Waals surface area contributed by atoms with Gasteiger partial charge in [0.05, 0.1) is 22.4 Å². The Bertz CT molecular complexity index is 4320. The maximum Gasteiger partial charge on any atom is 0.0547 e. The summed E-state index contributed by atoms with van der Waals surface area (Å²) in [6.07, 6.45) is 0. The molecule has 0 N–H and O–H groups in total. The molecule has 13 aromatic carbocycles. The number of anilines is 3. The molecule has 0 radical (unpaired) electrons. The van der Waals surface area contributed by atoms with Crippen LogP contribution in [-0.4, -0.2) is 4.57 Å². The Labute approximate surface area is 418 Å². The minimum atomic E-state index is 1.07. The van der Waals surface area contributed by atoms with Gasteiger partial charge < -0.3 is 9.47 Å². The van der Waals surface area contributed by atoms with Crippen LogP contribution in [0.1, 0.15) is 0 Å². The van der Waals surface area contributed by atoms with Gasteiger partial charge >= 0.3 is 0 Å². The van der Waals surface area contributed by atoms with Gasteiger partial charge in [0.2, 0.25) is 0 Å². The Morgan fingerprint density at radius 1 is 0.250 bits per heavy atom. The fourth-order valence-electron chi connectivity index (χ4n) is 11.4. The summed E-state index contributed by atoms with van der Waals surface area (Å²) in [7, 11) is 0. The van der Waals surface area contributed by atoms with Gasteiger partial charge in [0.1, 0.15) is 0 Å². The van der Waals surface area contributed by atoms with Crippen LogP contribution in [0.15, 0.2) is 279 Å². The highest BCUT2D eigenvalue weighted by Gasteiger charge is 2.23. The number of nitrogens with zero attached hydrogens (tertiary/aromatic N) is 2. The molecule has 14 aromatic rings. The maximum absolute atomic E-state index is 2.46. The number of fused-ring (bicyclic) bond motifs is 11. The number of para-hydroxylation sites is 2. The highest BCUT2D eigenvalue weighted by atomic mass is 15.1. The van der Waals surface area contributed by atoms with Gasteiger partial charge in [0.15, 0.2) is 0 Å². The first-order valence-electron chi connectivity index (χ1n) is 24.8. The second kappa shape index (κ2) is 17.2. The number of hydrogen-bond donors (Lipinski definition) is 0. The molecule has 1 heterocycles.